The Balaban J connectivity index is 0.00000180. The quantitative estimate of drug-likeness (QED) is 0.494. The minimum absolute atomic E-state index is 0. The maximum atomic E-state index is 11.0. The van der Waals surface area contributed by atoms with Gasteiger partial charge in [0.25, 0.3) is 10.1 Å². The molecule has 0 heterocycles. The Kier molecular flexibility index (Phi) is 5.27. The first-order chi connectivity index (χ1) is 8.47. The second kappa shape index (κ2) is 6.31. The van der Waals surface area contributed by atoms with E-state index >= 15 is 0 Å². The molecule has 103 valence electrons. The number of benzene rings is 2. The molecule has 2 aromatic rings. The van der Waals surface area contributed by atoms with Crippen LogP contribution in [0.1, 0.15) is 5.56 Å². The van der Waals surface area contributed by atoms with Crippen molar-refractivity contribution in [1.82, 2.24) is 0 Å². The Morgan fingerprint density at radius 3 is 2.05 bits per heavy atom. The van der Waals surface area contributed by atoms with Gasteiger partial charge in [0.05, 0.1) is 0 Å². The first-order valence-electron chi connectivity index (χ1n) is 5.35. The van der Waals surface area contributed by atoms with Gasteiger partial charge in [-0.2, -0.15) is 8.42 Å². The summed E-state index contributed by atoms with van der Waals surface area (Å²) >= 11 is 0. The standard InChI is InChI=1S/C13H13NO3S.Pd/c14-13-8-4-3-7-12(13)11-6-2-1-5-10(11)9-18(15,16)17;/h1-8H,9,14H2,(H,15,16,17);/q;+1. The van der Waals surface area contributed by atoms with Gasteiger partial charge in [-0.15, -0.1) is 0 Å². The first-order valence-corrected chi connectivity index (χ1v) is 6.96. The maximum Gasteiger partial charge on any atom is 1.00 e. The van der Waals surface area contributed by atoms with Gasteiger partial charge in [0.2, 0.25) is 0 Å². The second-order valence-corrected chi connectivity index (χ2v) is 5.42. The van der Waals surface area contributed by atoms with E-state index in [1.807, 2.05) is 18.2 Å². The van der Waals surface area contributed by atoms with Gasteiger partial charge < -0.3 is 5.73 Å². The van der Waals surface area contributed by atoms with E-state index in [-0.39, 0.29) is 20.4 Å². The van der Waals surface area contributed by atoms with E-state index in [1.54, 1.807) is 30.3 Å². The van der Waals surface area contributed by atoms with Crippen molar-refractivity contribution in [3.05, 3.63) is 54.1 Å². The number of rotatable bonds is 3. The molecule has 1 radical (unpaired) electrons. The molecule has 2 aromatic carbocycles. The van der Waals surface area contributed by atoms with Crippen molar-refractivity contribution in [2.75, 3.05) is 5.73 Å². The topological polar surface area (TPSA) is 80.4 Å². The third-order valence-electron chi connectivity index (χ3n) is 2.61. The molecule has 0 fully saturated rings. The van der Waals surface area contributed by atoms with Gasteiger partial charge in [-0.05, 0) is 17.2 Å². The van der Waals surface area contributed by atoms with E-state index in [0.29, 0.717) is 16.8 Å². The number of nitrogens with two attached hydrogens (primary N) is 1. The van der Waals surface area contributed by atoms with Crippen molar-refractivity contribution in [2.45, 2.75) is 5.75 Å². The van der Waals surface area contributed by atoms with Crippen LogP contribution in [0, 0.1) is 0 Å². The fraction of sp³-hybridized carbons (Fsp3) is 0.0769. The van der Waals surface area contributed by atoms with E-state index in [9.17, 15) is 8.42 Å². The molecule has 6 heteroatoms. The Morgan fingerprint density at radius 2 is 1.47 bits per heavy atom. The summed E-state index contributed by atoms with van der Waals surface area (Å²) in [6, 6.07) is 14.2. The largest absolute Gasteiger partial charge is 1.00 e. The molecule has 0 aliphatic rings. The van der Waals surface area contributed by atoms with Crippen LogP contribution in [0.25, 0.3) is 11.1 Å². The molecule has 19 heavy (non-hydrogen) atoms. The molecule has 0 unspecified atom stereocenters. The average Bonchev–Trinajstić information content (AvgIpc) is 2.29. The van der Waals surface area contributed by atoms with Crippen molar-refractivity contribution in [1.29, 1.82) is 0 Å². The van der Waals surface area contributed by atoms with Crippen LogP contribution in [0.3, 0.4) is 0 Å². The van der Waals surface area contributed by atoms with Gasteiger partial charge in [-0.25, -0.2) is 0 Å². The van der Waals surface area contributed by atoms with Crippen LogP contribution < -0.4 is 5.73 Å². The van der Waals surface area contributed by atoms with Crippen LogP contribution in [0.4, 0.5) is 5.69 Å². The average molecular weight is 370 g/mol. The van der Waals surface area contributed by atoms with E-state index < -0.39 is 15.9 Å². The van der Waals surface area contributed by atoms with Crippen LogP contribution in [0.2, 0.25) is 0 Å². The molecule has 0 amide bonds. The number of hydrogen-bond acceptors (Lipinski definition) is 3. The Morgan fingerprint density at radius 1 is 0.947 bits per heavy atom. The van der Waals surface area contributed by atoms with Gasteiger partial charge in [-0.3, -0.25) is 4.55 Å². The zero-order chi connectivity index (χ0) is 13.2. The van der Waals surface area contributed by atoms with Gasteiger partial charge in [-0.1, -0.05) is 42.5 Å². The van der Waals surface area contributed by atoms with Crippen molar-refractivity contribution in [3.8, 4) is 11.1 Å². The van der Waals surface area contributed by atoms with Crippen LogP contribution >= 0.6 is 0 Å². The van der Waals surface area contributed by atoms with E-state index in [4.69, 9.17) is 10.3 Å². The molecule has 0 spiro atoms. The summed E-state index contributed by atoms with van der Waals surface area (Å²) in [6.07, 6.45) is 0. The molecule has 0 aliphatic heterocycles. The summed E-state index contributed by atoms with van der Waals surface area (Å²) in [5.41, 5.74) is 8.45. The summed E-state index contributed by atoms with van der Waals surface area (Å²) in [5, 5.41) is 0. The third kappa shape index (κ3) is 4.15. The van der Waals surface area contributed by atoms with E-state index in [0.717, 1.165) is 5.56 Å². The molecule has 0 atom stereocenters. The fourth-order valence-corrected chi connectivity index (χ4v) is 2.49. The molecule has 0 aromatic heterocycles. The zero-order valence-corrected chi connectivity index (χ0v) is 12.3. The van der Waals surface area contributed by atoms with Crippen molar-refractivity contribution < 1.29 is 33.4 Å². The number of hydrogen-bond donors (Lipinski definition) is 2. The van der Waals surface area contributed by atoms with Crippen molar-refractivity contribution >= 4 is 15.8 Å². The van der Waals surface area contributed by atoms with E-state index in [2.05, 4.69) is 0 Å². The first kappa shape index (κ1) is 15.9. The van der Waals surface area contributed by atoms with Gasteiger partial charge in [0, 0.05) is 11.3 Å². The smallest absolute Gasteiger partial charge is 0.398 e. The maximum absolute atomic E-state index is 11.0. The van der Waals surface area contributed by atoms with Gasteiger partial charge >= 0.3 is 20.4 Å². The van der Waals surface area contributed by atoms with Crippen molar-refractivity contribution in [2.24, 2.45) is 0 Å². The van der Waals surface area contributed by atoms with Crippen LogP contribution in [-0.4, -0.2) is 13.0 Å². The predicted molar refractivity (Wildman–Crippen MR) is 71.5 cm³/mol. The predicted octanol–water partition coefficient (Wildman–Crippen LogP) is 2.32. The molecule has 0 saturated carbocycles. The zero-order valence-electron chi connectivity index (χ0n) is 9.89. The summed E-state index contributed by atoms with van der Waals surface area (Å²) in [5.74, 6) is -0.419. The summed E-state index contributed by atoms with van der Waals surface area (Å²) in [6.45, 7) is 0. The number of anilines is 1. The Bertz CT molecular complexity index is 671. The Labute approximate surface area is 126 Å². The molecular formula is C13H13NO3PdS+. The molecule has 2 rings (SSSR count). The van der Waals surface area contributed by atoms with Crippen LogP contribution in [0.5, 0.6) is 0 Å². The fourth-order valence-electron chi connectivity index (χ4n) is 1.85. The Hall–Kier alpha value is -1.19. The molecule has 3 N–H and O–H groups in total. The molecule has 0 bridgehead atoms. The SMILES string of the molecule is Nc1ccccc1-c1ccccc1CS(=O)(=O)O.[Pd+]. The molecule has 0 saturated heterocycles. The minimum Gasteiger partial charge on any atom is -0.398 e. The normalized spacial score (nSPS) is 10.8. The van der Waals surface area contributed by atoms with Gasteiger partial charge in [0.15, 0.2) is 0 Å². The monoisotopic (exact) mass is 369 g/mol. The minimum atomic E-state index is -4.06. The van der Waals surface area contributed by atoms with Crippen LogP contribution in [0.15, 0.2) is 48.5 Å². The molecule has 4 nitrogen and oxygen atoms in total. The van der Waals surface area contributed by atoms with E-state index in [1.165, 1.54) is 0 Å². The molecular weight excluding hydrogens is 357 g/mol. The summed E-state index contributed by atoms with van der Waals surface area (Å²) in [7, 11) is -4.06. The third-order valence-corrected chi connectivity index (χ3v) is 3.28. The van der Waals surface area contributed by atoms with Crippen molar-refractivity contribution in [3.63, 3.8) is 0 Å². The summed E-state index contributed by atoms with van der Waals surface area (Å²) in [4.78, 5) is 0. The summed E-state index contributed by atoms with van der Waals surface area (Å²) < 4.78 is 30.9. The van der Waals surface area contributed by atoms with Gasteiger partial charge in [0.1, 0.15) is 5.75 Å². The number of para-hydroxylation sites is 1. The number of nitrogen functional groups attached to an aromatic ring is 1. The second-order valence-electron chi connectivity index (χ2n) is 3.97. The molecule has 0 aliphatic carbocycles. The van der Waals surface area contributed by atoms with Crippen LogP contribution in [-0.2, 0) is 36.3 Å².